The molecule has 2 saturated heterocycles. The highest BCUT2D eigenvalue weighted by Gasteiger charge is 2.43. The van der Waals surface area contributed by atoms with Crippen LogP contribution in [0.4, 0.5) is 9.59 Å². The Morgan fingerprint density at radius 1 is 0.939 bits per heavy atom. The van der Waals surface area contributed by atoms with E-state index >= 15 is 0 Å². The summed E-state index contributed by atoms with van der Waals surface area (Å²) in [6.07, 6.45) is 9.70. The lowest BCUT2D eigenvalue weighted by Crippen LogP contribution is -2.52. The zero-order chi connectivity index (χ0) is 46.8. The standard InChI is InChI=1S/C50H58N8O8/c1-9-10-11-12-28(4)43(56-50(62)65-8)47(59)57-24-30(25-63-6)19-40(57)45-51-23-38(53-45)32-14-16-34-33(20-32)26-66-41-22-35-31(21-36(34)41)15-17-37-44(35)54-46(52-37)39-18-13-29(5)58(39)48(60)42(27(2)3)55-49(61)64-7/h9-12,14-17,20-23,27,29-30,39-40,42-43H,4,13,18-19,24-26H2,1-3,5-8H3,(H,51,53)(H,52,54)(H,55,61)(H,56,62)/b10-9-,12-11-/t29-,30-,39-,40-,42-,43+/m0/s1. The van der Waals surface area contributed by atoms with Gasteiger partial charge in [0.05, 0.1) is 55.8 Å². The first-order valence-corrected chi connectivity index (χ1v) is 22.4. The number of benzene rings is 3. The van der Waals surface area contributed by atoms with Gasteiger partial charge in [-0.1, -0.05) is 62.9 Å². The normalized spacial score (nSPS) is 20.1. The molecule has 0 unspecified atom stereocenters. The topological polar surface area (TPSA) is 193 Å². The Labute approximate surface area is 383 Å². The van der Waals surface area contributed by atoms with Crippen molar-refractivity contribution in [1.82, 2.24) is 40.4 Å². The smallest absolute Gasteiger partial charge is 0.407 e. The summed E-state index contributed by atoms with van der Waals surface area (Å²) >= 11 is 0. The second kappa shape index (κ2) is 19.3. The number of carbonyl (C=O) groups is 4. The molecule has 4 N–H and O–H groups in total. The molecule has 5 aromatic rings. The summed E-state index contributed by atoms with van der Waals surface area (Å²) in [7, 11) is 4.19. The molecule has 0 radical (unpaired) electrons. The summed E-state index contributed by atoms with van der Waals surface area (Å²) in [4.78, 5) is 73.4. The second-order valence-corrected chi connectivity index (χ2v) is 17.6. The number of alkyl carbamates (subject to hydrolysis) is 2. The number of methoxy groups -OCH3 is 3. The molecule has 0 spiro atoms. The molecule has 3 aliphatic heterocycles. The molecule has 0 bridgehead atoms. The van der Waals surface area contributed by atoms with Crippen molar-refractivity contribution in [2.45, 2.75) is 83.8 Å². The molecule has 5 heterocycles. The zero-order valence-electron chi connectivity index (χ0n) is 38.5. The minimum absolute atomic E-state index is 0.0368. The van der Waals surface area contributed by atoms with Crippen molar-refractivity contribution in [2.75, 3.05) is 34.5 Å². The first kappa shape index (κ1) is 45.6. The molecule has 0 aliphatic carbocycles. The van der Waals surface area contributed by atoms with Gasteiger partial charge in [-0.15, -0.1) is 0 Å². The molecule has 346 valence electrons. The number of hydrogen-bond acceptors (Lipinski definition) is 10. The van der Waals surface area contributed by atoms with E-state index in [-0.39, 0.29) is 35.7 Å². The summed E-state index contributed by atoms with van der Waals surface area (Å²) < 4.78 is 21.7. The highest BCUT2D eigenvalue weighted by atomic mass is 16.5. The molecule has 16 heteroatoms. The van der Waals surface area contributed by atoms with Crippen molar-refractivity contribution in [3.05, 3.63) is 102 Å². The Bertz CT molecular complexity index is 2740. The summed E-state index contributed by atoms with van der Waals surface area (Å²) in [5.41, 5.74) is 6.81. The molecule has 66 heavy (non-hydrogen) atoms. The molecule has 3 aliphatic rings. The van der Waals surface area contributed by atoms with E-state index in [0.29, 0.717) is 43.4 Å². The molecule has 3 aromatic carbocycles. The van der Waals surface area contributed by atoms with Crippen LogP contribution < -0.4 is 15.4 Å². The minimum Gasteiger partial charge on any atom is -0.488 e. The number of nitrogens with one attached hydrogen (secondary N) is 4. The lowest BCUT2D eigenvalue weighted by Gasteiger charge is -2.32. The minimum atomic E-state index is -1.05. The van der Waals surface area contributed by atoms with Gasteiger partial charge in [0, 0.05) is 36.6 Å². The summed E-state index contributed by atoms with van der Waals surface area (Å²) in [6.45, 7) is 13.0. The van der Waals surface area contributed by atoms with Gasteiger partial charge in [0.2, 0.25) is 5.91 Å². The van der Waals surface area contributed by atoms with Crippen molar-refractivity contribution in [3.63, 3.8) is 0 Å². The lowest BCUT2D eigenvalue weighted by molar-refractivity contribution is -0.137. The third kappa shape index (κ3) is 8.89. The third-order valence-electron chi connectivity index (χ3n) is 13.0. The molecular weight excluding hydrogens is 841 g/mol. The van der Waals surface area contributed by atoms with Crippen molar-refractivity contribution in [1.29, 1.82) is 0 Å². The number of allylic oxidation sites excluding steroid dienone is 3. The lowest BCUT2D eigenvalue weighted by atomic mass is 9.92. The van der Waals surface area contributed by atoms with Crippen molar-refractivity contribution >= 4 is 45.8 Å². The van der Waals surface area contributed by atoms with Gasteiger partial charge in [0.1, 0.15) is 36.1 Å². The van der Waals surface area contributed by atoms with Gasteiger partial charge in [-0.05, 0) is 90.9 Å². The van der Waals surface area contributed by atoms with E-state index in [1.165, 1.54) is 14.2 Å². The number of fused-ring (bicyclic) bond motifs is 6. The van der Waals surface area contributed by atoms with Crippen LogP contribution in [0.1, 0.15) is 76.3 Å². The number of nitrogens with zero attached hydrogens (tertiary/aromatic N) is 4. The number of hydrogen-bond donors (Lipinski definition) is 4. The Kier molecular flexibility index (Phi) is 13.3. The van der Waals surface area contributed by atoms with Crippen molar-refractivity contribution < 1.29 is 38.1 Å². The van der Waals surface area contributed by atoms with Gasteiger partial charge in [0.15, 0.2) is 0 Å². The average molecular weight is 899 g/mol. The van der Waals surface area contributed by atoms with Crippen LogP contribution in [0.15, 0.2) is 85.1 Å². The van der Waals surface area contributed by atoms with Crippen LogP contribution in [0, 0.1) is 11.8 Å². The molecule has 4 amide bonds. The number of imidazole rings is 2. The van der Waals surface area contributed by atoms with Gasteiger partial charge in [-0.3, -0.25) is 9.59 Å². The van der Waals surface area contributed by atoms with Crippen molar-refractivity contribution in [3.8, 4) is 28.1 Å². The van der Waals surface area contributed by atoms with Crippen molar-refractivity contribution in [2.24, 2.45) is 11.8 Å². The van der Waals surface area contributed by atoms with Crippen LogP contribution in [0.3, 0.4) is 0 Å². The highest BCUT2D eigenvalue weighted by Crippen LogP contribution is 2.44. The van der Waals surface area contributed by atoms with Crippen LogP contribution in [0.5, 0.6) is 5.75 Å². The highest BCUT2D eigenvalue weighted by molar-refractivity contribution is 6.07. The van der Waals surface area contributed by atoms with Crippen LogP contribution in [0.25, 0.3) is 44.2 Å². The van der Waals surface area contributed by atoms with Crippen LogP contribution in [-0.2, 0) is 30.4 Å². The van der Waals surface area contributed by atoms with Crippen LogP contribution in [-0.4, -0.2) is 106 Å². The maximum Gasteiger partial charge on any atom is 0.407 e. The molecule has 0 saturated carbocycles. The third-order valence-corrected chi connectivity index (χ3v) is 13.0. The van der Waals surface area contributed by atoms with Gasteiger partial charge in [0.25, 0.3) is 5.91 Å². The maximum atomic E-state index is 14.3. The number of carbonyl (C=O) groups excluding carboxylic acids is 4. The quantitative estimate of drug-likeness (QED) is 0.0841. The summed E-state index contributed by atoms with van der Waals surface area (Å²) in [6, 6.07) is 12.0. The fourth-order valence-corrected chi connectivity index (χ4v) is 9.59. The predicted octanol–water partition coefficient (Wildman–Crippen LogP) is 8.05. The number of ether oxygens (including phenoxy) is 4. The van der Waals surface area contributed by atoms with Crippen LogP contribution >= 0.6 is 0 Å². The van der Waals surface area contributed by atoms with E-state index in [9.17, 15) is 19.2 Å². The molecule has 6 atom stereocenters. The van der Waals surface area contributed by atoms with E-state index < -0.39 is 30.3 Å². The Balaban J connectivity index is 1.05. The molecule has 2 aromatic heterocycles. The Morgan fingerprint density at radius 3 is 2.47 bits per heavy atom. The van der Waals surface area contributed by atoms with Gasteiger partial charge >= 0.3 is 12.2 Å². The SMILES string of the molecule is C=C(/C=C\C=C/C)[C@@H](NC(=O)OC)C(=O)N1C[C@@H](COC)C[C@H]1c1ncc(-c2ccc3c(c2)COc2cc4c(ccc5[nH]c([C@@H]6CC[C@H](C)N6C(=O)[C@@H](NC(=O)OC)C(C)C)nc54)cc2-3)[nH]1. The van der Waals surface area contributed by atoms with E-state index in [0.717, 1.165) is 68.3 Å². The van der Waals surface area contributed by atoms with E-state index in [4.69, 9.17) is 28.9 Å². The largest absolute Gasteiger partial charge is 0.488 e. The second-order valence-electron chi connectivity index (χ2n) is 17.6. The first-order valence-electron chi connectivity index (χ1n) is 22.4. The molecule has 16 nitrogen and oxygen atoms in total. The van der Waals surface area contributed by atoms with E-state index in [1.54, 1.807) is 30.4 Å². The number of rotatable bonds is 13. The maximum absolute atomic E-state index is 14.3. The van der Waals surface area contributed by atoms with Gasteiger partial charge in [-0.2, -0.15) is 0 Å². The fourth-order valence-electron chi connectivity index (χ4n) is 9.59. The predicted molar refractivity (Wildman–Crippen MR) is 250 cm³/mol. The van der Waals surface area contributed by atoms with Gasteiger partial charge < -0.3 is 49.3 Å². The number of aromatic amines is 2. The number of amides is 4. The Hall–Kier alpha value is -6.94. The summed E-state index contributed by atoms with van der Waals surface area (Å²) in [5, 5.41) is 7.34. The molecule has 2 fully saturated rings. The summed E-state index contributed by atoms with van der Waals surface area (Å²) in [5.74, 6) is 1.50. The molecule has 8 rings (SSSR count). The first-order chi connectivity index (χ1) is 31.8. The van der Waals surface area contributed by atoms with Crippen LogP contribution in [0.2, 0.25) is 0 Å². The van der Waals surface area contributed by atoms with Gasteiger partial charge in [-0.25, -0.2) is 19.6 Å². The number of aromatic nitrogens is 4. The Morgan fingerprint density at radius 2 is 1.73 bits per heavy atom. The fraction of sp³-hybridized carbons (Fsp3) is 0.400. The number of H-pyrrole nitrogens is 2. The zero-order valence-corrected chi connectivity index (χ0v) is 38.5. The number of likely N-dealkylation sites (tertiary alicyclic amines) is 2. The average Bonchev–Trinajstić information content (AvgIpc) is 4.14. The molecular formula is C50H58N8O8. The monoisotopic (exact) mass is 898 g/mol. The van der Waals surface area contributed by atoms with E-state index in [2.05, 4.69) is 63.6 Å². The van der Waals surface area contributed by atoms with E-state index in [1.807, 2.05) is 50.8 Å².